The minimum absolute atomic E-state index is 0.200. The number of likely N-dealkylation sites (tertiary alicyclic amines) is 1. The summed E-state index contributed by atoms with van der Waals surface area (Å²) in [5.41, 5.74) is -0.200. The van der Waals surface area contributed by atoms with E-state index in [9.17, 15) is 13.6 Å². The summed E-state index contributed by atoms with van der Waals surface area (Å²) in [7, 11) is 1.68. The molecule has 1 amide bonds. The number of halogens is 2. The number of benzene rings is 1. The van der Waals surface area contributed by atoms with Gasteiger partial charge in [0.2, 0.25) is 5.91 Å². The Labute approximate surface area is 135 Å². The molecule has 1 atom stereocenters. The monoisotopic (exact) mass is 324 g/mol. The van der Waals surface area contributed by atoms with Crippen LogP contribution in [0.5, 0.6) is 0 Å². The molecule has 0 aliphatic carbocycles. The van der Waals surface area contributed by atoms with Gasteiger partial charge in [0.1, 0.15) is 11.6 Å². The number of hydrogen-bond acceptors (Lipinski definition) is 3. The van der Waals surface area contributed by atoms with Crippen molar-refractivity contribution in [1.29, 1.82) is 0 Å². The number of amides is 1. The highest BCUT2D eigenvalue weighted by atomic mass is 19.1. The van der Waals surface area contributed by atoms with Gasteiger partial charge in [-0.15, -0.1) is 0 Å². The number of carbonyl (C=O) groups excluding carboxylic acids is 1. The highest BCUT2D eigenvalue weighted by Crippen LogP contribution is 2.15. The van der Waals surface area contributed by atoms with E-state index in [0.717, 1.165) is 38.2 Å². The van der Waals surface area contributed by atoms with Crippen molar-refractivity contribution in [2.75, 3.05) is 39.9 Å². The first-order valence-electron chi connectivity index (χ1n) is 7.71. The molecule has 2 rings (SSSR count). The van der Waals surface area contributed by atoms with E-state index in [1.165, 1.54) is 18.2 Å². The number of ether oxygens (including phenoxy) is 1. The lowest BCUT2D eigenvalue weighted by molar-refractivity contribution is -0.116. The molecular weight excluding hydrogens is 302 g/mol. The fourth-order valence-corrected chi connectivity index (χ4v) is 2.64. The van der Waals surface area contributed by atoms with Crippen molar-refractivity contribution in [2.24, 2.45) is 5.92 Å². The zero-order valence-corrected chi connectivity index (χ0v) is 13.2. The quantitative estimate of drug-likeness (QED) is 0.781. The Balaban J connectivity index is 1.76. The number of carbonyl (C=O) groups is 1. The molecule has 1 heterocycles. The normalized spacial score (nSPS) is 18.7. The van der Waals surface area contributed by atoms with Crippen molar-refractivity contribution in [2.45, 2.75) is 6.42 Å². The van der Waals surface area contributed by atoms with Gasteiger partial charge in [-0.2, -0.15) is 0 Å². The van der Waals surface area contributed by atoms with Crippen LogP contribution in [0.15, 0.2) is 24.3 Å². The molecule has 1 aromatic rings. The number of methoxy groups -OCH3 is 1. The Hall–Kier alpha value is -1.79. The molecule has 4 nitrogen and oxygen atoms in total. The zero-order valence-electron chi connectivity index (χ0n) is 13.2. The summed E-state index contributed by atoms with van der Waals surface area (Å²) < 4.78 is 31.9. The molecule has 0 unspecified atom stereocenters. The van der Waals surface area contributed by atoms with Crippen LogP contribution in [-0.2, 0) is 9.53 Å². The second kappa shape index (κ2) is 8.74. The summed E-state index contributed by atoms with van der Waals surface area (Å²) >= 11 is 0. The van der Waals surface area contributed by atoms with E-state index >= 15 is 0 Å². The van der Waals surface area contributed by atoms with Gasteiger partial charge < -0.3 is 15.0 Å². The largest absolute Gasteiger partial charge is 0.383 e. The first kappa shape index (κ1) is 17.6. The van der Waals surface area contributed by atoms with Crippen molar-refractivity contribution in [3.8, 4) is 0 Å². The maximum Gasteiger partial charge on any atom is 0.244 e. The van der Waals surface area contributed by atoms with E-state index < -0.39 is 11.6 Å². The van der Waals surface area contributed by atoms with Crippen LogP contribution in [0.2, 0.25) is 0 Å². The molecule has 126 valence electrons. The maximum absolute atomic E-state index is 13.4. The Bertz CT molecular complexity index is 543. The molecule has 23 heavy (non-hydrogen) atoms. The summed E-state index contributed by atoms with van der Waals surface area (Å²) in [6.45, 7) is 4.09. The molecule has 1 saturated heterocycles. The predicted octanol–water partition coefficient (Wildman–Crippen LogP) is 2.06. The first-order valence-corrected chi connectivity index (χ1v) is 7.71. The Morgan fingerprint density at radius 3 is 2.87 bits per heavy atom. The highest BCUT2D eigenvalue weighted by molar-refractivity contribution is 5.91. The average molecular weight is 324 g/mol. The van der Waals surface area contributed by atoms with Gasteiger partial charge in [-0.25, -0.2) is 8.78 Å². The lowest BCUT2D eigenvalue weighted by atomic mass is 10.1. The van der Waals surface area contributed by atoms with Crippen LogP contribution in [0.4, 0.5) is 8.78 Å². The van der Waals surface area contributed by atoms with Gasteiger partial charge in [-0.05, 0) is 37.1 Å². The lowest BCUT2D eigenvalue weighted by Gasteiger charge is -2.15. The van der Waals surface area contributed by atoms with E-state index in [-0.39, 0.29) is 11.5 Å². The molecule has 1 aliphatic rings. The van der Waals surface area contributed by atoms with E-state index in [4.69, 9.17) is 4.74 Å². The van der Waals surface area contributed by atoms with Gasteiger partial charge in [0, 0.05) is 38.4 Å². The van der Waals surface area contributed by atoms with Gasteiger partial charge in [0.25, 0.3) is 0 Å². The van der Waals surface area contributed by atoms with Gasteiger partial charge in [0.15, 0.2) is 0 Å². The summed E-state index contributed by atoms with van der Waals surface area (Å²) in [5, 5.41) is 2.78. The molecular formula is C17H22F2N2O2. The van der Waals surface area contributed by atoms with Gasteiger partial charge in [0.05, 0.1) is 6.61 Å². The third-order valence-electron chi connectivity index (χ3n) is 3.95. The lowest BCUT2D eigenvalue weighted by Crippen LogP contribution is -2.30. The summed E-state index contributed by atoms with van der Waals surface area (Å²) in [6, 6.07) is 3.61. The van der Waals surface area contributed by atoms with Gasteiger partial charge >= 0.3 is 0 Å². The van der Waals surface area contributed by atoms with Crippen molar-refractivity contribution in [1.82, 2.24) is 10.2 Å². The average Bonchev–Trinajstić information content (AvgIpc) is 2.98. The molecule has 0 bridgehead atoms. The zero-order chi connectivity index (χ0) is 16.7. The van der Waals surface area contributed by atoms with E-state index in [0.29, 0.717) is 19.1 Å². The van der Waals surface area contributed by atoms with Crippen LogP contribution in [-0.4, -0.2) is 50.7 Å². The van der Waals surface area contributed by atoms with Crippen LogP contribution < -0.4 is 5.32 Å². The minimum atomic E-state index is -0.682. The second-order valence-corrected chi connectivity index (χ2v) is 5.66. The minimum Gasteiger partial charge on any atom is -0.383 e. The molecule has 1 N–H and O–H groups in total. The topological polar surface area (TPSA) is 41.6 Å². The van der Waals surface area contributed by atoms with Gasteiger partial charge in [-0.3, -0.25) is 4.79 Å². The van der Waals surface area contributed by atoms with E-state index in [1.807, 2.05) is 0 Å². The SMILES string of the molecule is COCCN1CC[C@H](CNC(=O)/C=C\c2c(F)cccc2F)C1. The number of rotatable bonds is 7. The third-order valence-corrected chi connectivity index (χ3v) is 3.95. The van der Waals surface area contributed by atoms with Gasteiger partial charge in [-0.1, -0.05) is 6.07 Å². The summed E-state index contributed by atoms with van der Waals surface area (Å²) in [5.74, 6) is -1.31. The summed E-state index contributed by atoms with van der Waals surface area (Å²) in [4.78, 5) is 14.1. The molecule has 1 aromatic carbocycles. The van der Waals surface area contributed by atoms with Crippen molar-refractivity contribution < 1.29 is 18.3 Å². The van der Waals surface area contributed by atoms with Crippen LogP contribution in [0.1, 0.15) is 12.0 Å². The Morgan fingerprint density at radius 2 is 2.17 bits per heavy atom. The van der Waals surface area contributed by atoms with Crippen LogP contribution >= 0.6 is 0 Å². The molecule has 0 spiro atoms. The highest BCUT2D eigenvalue weighted by Gasteiger charge is 2.22. The maximum atomic E-state index is 13.4. The van der Waals surface area contributed by atoms with Crippen LogP contribution in [0.3, 0.4) is 0 Å². The molecule has 0 aromatic heterocycles. The second-order valence-electron chi connectivity index (χ2n) is 5.66. The predicted molar refractivity (Wildman–Crippen MR) is 84.8 cm³/mol. The standard InChI is InChI=1S/C17H22F2N2O2/c1-23-10-9-21-8-7-13(12-21)11-20-17(22)6-5-14-15(18)3-2-4-16(14)19/h2-6,13H,7-12H2,1H3,(H,20,22)/b6-5-/t13-/m1/s1. The first-order chi connectivity index (χ1) is 11.1. The molecule has 0 saturated carbocycles. The molecule has 1 aliphatic heterocycles. The third kappa shape index (κ3) is 5.41. The smallest absolute Gasteiger partial charge is 0.244 e. The fourth-order valence-electron chi connectivity index (χ4n) is 2.64. The van der Waals surface area contributed by atoms with E-state index in [1.54, 1.807) is 7.11 Å². The Morgan fingerprint density at radius 1 is 1.43 bits per heavy atom. The fraction of sp³-hybridized carbons (Fsp3) is 0.471. The van der Waals surface area contributed by atoms with E-state index in [2.05, 4.69) is 10.2 Å². The molecule has 1 fully saturated rings. The van der Waals surface area contributed by atoms with Crippen LogP contribution in [0, 0.1) is 17.6 Å². The number of nitrogens with one attached hydrogen (secondary N) is 1. The number of nitrogens with zero attached hydrogens (tertiary/aromatic N) is 1. The van der Waals surface area contributed by atoms with Crippen molar-refractivity contribution in [3.05, 3.63) is 41.5 Å². The Kier molecular flexibility index (Phi) is 6.67. The number of hydrogen-bond donors (Lipinski definition) is 1. The molecule has 6 heteroatoms. The van der Waals surface area contributed by atoms with Crippen molar-refractivity contribution >= 4 is 12.0 Å². The summed E-state index contributed by atoms with van der Waals surface area (Å²) in [6.07, 6.45) is 3.36. The van der Waals surface area contributed by atoms with Crippen molar-refractivity contribution in [3.63, 3.8) is 0 Å². The van der Waals surface area contributed by atoms with Crippen LogP contribution in [0.25, 0.3) is 6.08 Å². The molecule has 0 radical (unpaired) electrons.